The van der Waals surface area contributed by atoms with Gasteiger partial charge in [-0.2, -0.15) is 5.26 Å². The molecule has 0 N–H and O–H groups in total. The normalized spacial score (nSPS) is 16.4. The second-order valence-corrected chi connectivity index (χ2v) is 7.83. The minimum Gasteiger partial charge on any atom is -0.338 e. The molecule has 156 valence electrons. The fraction of sp³-hybridized carbons (Fsp3) is 0.292. The number of hydrogen-bond donors (Lipinski definition) is 0. The van der Waals surface area contributed by atoms with E-state index in [1.807, 2.05) is 6.92 Å². The van der Waals surface area contributed by atoms with Crippen LogP contribution < -0.4 is 0 Å². The Balaban J connectivity index is 1.53. The number of nitrogens with zero attached hydrogens (tertiary/aromatic N) is 5. The number of halogens is 1. The Hall–Kier alpha value is -3.66. The van der Waals surface area contributed by atoms with Crippen molar-refractivity contribution in [1.29, 1.82) is 5.26 Å². The van der Waals surface area contributed by atoms with E-state index in [2.05, 4.69) is 21.0 Å². The van der Waals surface area contributed by atoms with Crippen LogP contribution in [0, 0.1) is 22.6 Å². The number of hydrogen-bond acceptors (Lipinski definition) is 5. The number of carbonyl (C=O) groups excluding carboxylic acids is 1. The highest BCUT2D eigenvalue weighted by Crippen LogP contribution is 2.44. The van der Waals surface area contributed by atoms with Gasteiger partial charge in [-0.25, -0.2) is 14.4 Å². The average molecular weight is 415 g/mol. The third kappa shape index (κ3) is 4.02. The van der Waals surface area contributed by atoms with Crippen LogP contribution in [0.4, 0.5) is 4.39 Å². The maximum Gasteiger partial charge on any atom is 0.256 e. The maximum absolute atomic E-state index is 13.3. The molecule has 4 rings (SSSR count). The first-order valence-corrected chi connectivity index (χ1v) is 10.2. The molecule has 0 saturated carbocycles. The van der Waals surface area contributed by atoms with Gasteiger partial charge in [0.25, 0.3) is 5.91 Å². The van der Waals surface area contributed by atoms with Gasteiger partial charge in [0, 0.05) is 25.5 Å². The Morgan fingerprint density at radius 2 is 1.87 bits per heavy atom. The van der Waals surface area contributed by atoms with Crippen LogP contribution >= 0.6 is 0 Å². The van der Waals surface area contributed by atoms with E-state index < -0.39 is 5.41 Å². The van der Waals surface area contributed by atoms with E-state index in [0.29, 0.717) is 42.9 Å². The van der Waals surface area contributed by atoms with E-state index in [4.69, 9.17) is 0 Å². The van der Waals surface area contributed by atoms with Crippen molar-refractivity contribution >= 4 is 5.91 Å². The number of rotatable bonds is 4. The van der Waals surface area contributed by atoms with Crippen molar-refractivity contribution < 1.29 is 9.18 Å². The fourth-order valence-corrected chi connectivity index (χ4v) is 4.20. The first-order chi connectivity index (χ1) is 15.0. The summed E-state index contributed by atoms with van der Waals surface area (Å²) in [5, 5.41) is 10.0. The number of likely N-dealkylation sites (tertiary alicyclic amines) is 1. The lowest BCUT2D eigenvalue weighted by atomic mass is 9.68. The summed E-state index contributed by atoms with van der Waals surface area (Å²) in [6, 6.07) is 14.0. The zero-order valence-corrected chi connectivity index (χ0v) is 17.2. The number of benzene rings is 1. The molecule has 2 aromatic heterocycles. The number of amides is 1. The molecule has 1 aliphatic rings. The van der Waals surface area contributed by atoms with E-state index in [1.165, 1.54) is 18.5 Å². The number of nitriles is 1. The molecule has 3 aromatic rings. The van der Waals surface area contributed by atoms with Crippen molar-refractivity contribution in [3.63, 3.8) is 0 Å². The standard InChI is InChI=1S/C24H22FN5O/c1-17(18-4-6-19(25)7-5-18)24(15-26)9-13-30(14-10-24)23(31)20-3-2-11-28-22(20)21-8-12-27-16-29-21/h2-8,11-12,16-17H,9-10,13-14H2,1H3. The number of pyridine rings is 1. The molecule has 1 aromatic carbocycles. The number of aromatic nitrogens is 3. The van der Waals surface area contributed by atoms with Gasteiger partial charge in [0.05, 0.1) is 22.7 Å². The molecule has 1 amide bonds. The van der Waals surface area contributed by atoms with E-state index in [0.717, 1.165) is 5.56 Å². The van der Waals surface area contributed by atoms with Crippen molar-refractivity contribution in [2.75, 3.05) is 13.1 Å². The van der Waals surface area contributed by atoms with E-state index >= 15 is 0 Å². The maximum atomic E-state index is 13.3. The van der Waals surface area contributed by atoms with E-state index in [9.17, 15) is 14.4 Å². The average Bonchev–Trinajstić information content (AvgIpc) is 2.84. The monoisotopic (exact) mass is 415 g/mol. The molecular formula is C24H22FN5O. The zero-order chi connectivity index (χ0) is 21.8. The Labute approximate surface area is 180 Å². The summed E-state index contributed by atoms with van der Waals surface area (Å²) in [4.78, 5) is 27.6. The van der Waals surface area contributed by atoms with Gasteiger partial charge in [-0.15, -0.1) is 0 Å². The second kappa shape index (κ2) is 8.60. The molecule has 7 heteroatoms. The Morgan fingerprint density at radius 1 is 1.13 bits per heavy atom. The molecule has 31 heavy (non-hydrogen) atoms. The van der Waals surface area contributed by atoms with Crippen LogP contribution in [0.2, 0.25) is 0 Å². The fourth-order valence-electron chi connectivity index (χ4n) is 4.20. The first kappa shape index (κ1) is 20.6. The largest absolute Gasteiger partial charge is 0.338 e. The highest BCUT2D eigenvalue weighted by molar-refractivity contribution is 5.99. The molecule has 1 saturated heterocycles. The molecule has 1 unspecified atom stereocenters. The topological polar surface area (TPSA) is 82.8 Å². The summed E-state index contributed by atoms with van der Waals surface area (Å²) in [6.07, 6.45) is 5.78. The lowest BCUT2D eigenvalue weighted by Gasteiger charge is -2.41. The van der Waals surface area contributed by atoms with E-state index in [-0.39, 0.29) is 17.6 Å². The molecule has 1 aliphatic heterocycles. The Kier molecular flexibility index (Phi) is 5.72. The van der Waals surface area contributed by atoms with Gasteiger partial charge < -0.3 is 4.90 Å². The molecule has 0 aliphatic carbocycles. The minimum absolute atomic E-state index is 0.0645. The molecule has 3 heterocycles. The third-order valence-electron chi connectivity index (χ3n) is 6.23. The second-order valence-electron chi connectivity index (χ2n) is 7.83. The van der Waals surface area contributed by atoms with Crippen LogP contribution in [0.25, 0.3) is 11.4 Å². The summed E-state index contributed by atoms with van der Waals surface area (Å²) < 4.78 is 13.3. The van der Waals surface area contributed by atoms with Crippen molar-refractivity contribution in [3.8, 4) is 17.5 Å². The molecule has 6 nitrogen and oxygen atoms in total. The SMILES string of the molecule is CC(c1ccc(F)cc1)C1(C#N)CCN(C(=O)c2cccnc2-c2ccncn2)CC1. The molecule has 0 bridgehead atoms. The number of piperidine rings is 1. The van der Waals surface area contributed by atoms with Crippen LogP contribution in [0.3, 0.4) is 0 Å². The summed E-state index contributed by atoms with van der Waals surface area (Å²) in [7, 11) is 0. The molecule has 1 atom stereocenters. The van der Waals surface area contributed by atoms with Crippen LogP contribution in [0.15, 0.2) is 61.2 Å². The molecular weight excluding hydrogens is 393 g/mol. The summed E-state index contributed by atoms with van der Waals surface area (Å²) in [6.45, 7) is 2.94. The predicted molar refractivity (Wildman–Crippen MR) is 113 cm³/mol. The lowest BCUT2D eigenvalue weighted by molar-refractivity contribution is 0.0623. The van der Waals surface area contributed by atoms with Gasteiger partial charge in [-0.1, -0.05) is 19.1 Å². The van der Waals surface area contributed by atoms with Crippen LogP contribution in [-0.4, -0.2) is 38.8 Å². The Morgan fingerprint density at radius 3 is 2.52 bits per heavy atom. The van der Waals surface area contributed by atoms with Crippen molar-refractivity contribution in [2.24, 2.45) is 5.41 Å². The first-order valence-electron chi connectivity index (χ1n) is 10.2. The third-order valence-corrected chi connectivity index (χ3v) is 6.23. The van der Waals surface area contributed by atoms with Crippen molar-refractivity contribution in [3.05, 3.63) is 78.1 Å². The highest BCUT2D eigenvalue weighted by Gasteiger charge is 2.41. The van der Waals surface area contributed by atoms with Gasteiger partial charge in [0.15, 0.2) is 0 Å². The highest BCUT2D eigenvalue weighted by atomic mass is 19.1. The zero-order valence-electron chi connectivity index (χ0n) is 17.2. The van der Waals surface area contributed by atoms with Gasteiger partial charge >= 0.3 is 0 Å². The van der Waals surface area contributed by atoms with Gasteiger partial charge in [-0.05, 0) is 54.7 Å². The Bertz CT molecular complexity index is 1100. The number of carbonyl (C=O) groups is 1. The molecule has 0 spiro atoms. The molecule has 1 fully saturated rings. The summed E-state index contributed by atoms with van der Waals surface area (Å²) in [5.41, 5.74) is 1.93. The minimum atomic E-state index is -0.598. The van der Waals surface area contributed by atoms with Gasteiger partial charge in [0.1, 0.15) is 17.8 Å². The van der Waals surface area contributed by atoms with Crippen molar-refractivity contribution in [2.45, 2.75) is 25.7 Å². The quantitative estimate of drug-likeness (QED) is 0.637. The lowest BCUT2D eigenvalue weighted by Crippen LogP contribution is -2.44. The van der Waals surface area contributed by atoms with Gasteiger partial charge in [-0.3, -0.25) is 9.78 Å². The summed E-state index contributed by atoms with van der Waals surface area (Å²) >= 11 is 0. The predicted octanol–water partition coefficient (Wildman–Crippen LogP) is 4.23. The molecule has 0 radical (unpaired) electrons. The van der Waals surface area contributed by atoms with Crippen molar-refractivity contribution in [1.82, 2.24) is 19.9 Å². The van der Waals surface area contributed by atoms with Crippen LogP contribution in [0.5, 0.6) is 0 Å². The van der Waals surface area contributed by atoms with E-state index in [1.54, 1.807) is 47.6 Å². The summed E-state index contributed by atoms with van der Waals surface area (Å²) in [5.74, 6) is -0.480. The van der Waals surface area contributed by atoms with Crippen LogP contribution in [0.1, 0.15) is 41.6 Å². The van der Waals surface area contributed by atoms with Crippen LogP contribution in [-0.2, 0) is 0 Å². The smallest absolute Gasteiger partial charge is 0.256 e. The van der Waals surface area contributed by atoms with Gasteiger partial charge in [0.2, 0.25) is 0 Å².